The van der Waals surface area contributed by atoms with Gasteiger partial charge in [-0.1, -0.05) is 29.8 Å². The summed E-state index contributed by atoms with van der Waals surface area (Å²) < 4.78 is 52.6. The highest BCUT2D eigenvalue weighted by Crippen LogP contribution is 2.23. The Hall–Kier alpha value is -0.910. The minimum absolute atomic E-state index is 0.141. The van der Waals surface area contributed by atoms with E-state index >= 15 is 0 Å². The Labute approximate surface area is 110 Å². The van der Waals surface area contributed by atoms with Crippen molar-refractivity contribution in [1.29, 1.82) is 0 Å². The molecule has 0 aliphatic carbocycles. The molecule has 0 fully saturated rings. The number of carbonyl (C=O) groups excluding carboxylic acids is 1. The second-order valence-corrected chi connectivity index (χ2v) is 5.28. The number of ketones is 1. The van der Waals surface area contributed by atoms with Gasteiger partial charge in [0.15, 0.2) is 23.3 Å². The second kappa shape index (κ2) is 5.82. The minimum Gasteiger partial charge on any atom is -0.298 e. The number of benzene rings is 1. The highest BCUT2D eigenvalue weighted by molar-refractivity contribution is 9.10. The van der Waals surface area contributed by atoms with Gasteiger partial charge in [-0.2, -0.15) is 0 Å². The van der Waals surface area contributed by atoms with Gasteiger partial charge < -0.3 is 0 Å². The number of halogens is 5. The maximum Gasteiger partial charge on any atom is 0.165 e. The molecule has 0 aliphatic rings. The Bertz CT molecular complexity index is 447. The normalized spacial score (nSPS) is 12.9. The Morgan fingerprint density at radius 2 is 1.61 bits per heavy atom. The molecule has 0 bridgehead atoms. The van der Waals surface area contributed by atoms with Crippen molar-refractivity contribution in [2.24, 2.45) is 5.92 Å². The van der Waals surface area contributed by atoms with E-state index in [0.717, 1.165) is 0 Å². The molecule has 1 atom stereocenters. The lowest BCUT2D eigenvalue weighted by atomic mass is 10.00. The molecule has 18 heavy (non-hydrogen) atoms. The van der Waals surface area contributed by atoms with Gasteiger partial charge in [0.2, 0.25) is 0 Å². The van der Waals surface area contributed by atoms with Crippen LogP contribution in [0.2, 0.25) is 0 Å². The Kier molecular flexibility index (Phi) is 4.90. The summed E-state index contributed by atoms with van der Waals surface area (Å²) in [4.78, 5) is 10.7. The number of carbonyl (C=O) groups is 1. The lowest BCUT2D eigenvalue weighted by molar-refractivity contribution is -0.121. The van der Waals surface area contributed by atoms with Crippen molar-refractivity contribution in [3.05, 3.63) is 34.9 Å². The van der Waals surface area contributed by atoms with Crippen molar-refractivity contribution in [2.75, 3.05) is 0 Å². The smallest absolute Gasteiger partial charge is 0.165 e. The van der Waals surface area contributed by atoms with Crippen LogP contribution in [0.3, 0.4) is 0 Å². The Balaban J connectivity index is 3.08. The van der Waals surface area contributed by atoms with E-state index in [0.29, 0.717) is 0 Å². The zero-order chi connectivity index (χ0) is 14.0. The van der Waals surface area contributed by atoms with E-state index in [9.17, 15) is 22.4 Å². The molecule has 0 saturated heterocycles. The average molecular weight is 327 g/mol. The fourth-order valence-electron chi connectivity index (χ4n) is 1.44. The van der Waals surface area contributed by atoms with Gasteiger partial charge in [0.25, 0.3) is 0 Å². The molecule has 0 heterocycles. The van der Waals surface area contributed by atoms with Crippen molar-refractivity contribution in [2.45, 2.75) is 25.1 Å². The summed E-state index contributed by atoms with van der Waals surface area (Å²) in [5.74, 6) is -6.51. The van der Waals surface area contributed by atoms with Gasteiger partial charge in [-0.3, -0.25) is 4.79 Å². The molecule has 0 N–H and O–H groups in total. The topological polar surface area (TPSA) is 17.1 Å². The first-order valence-electron chi connectivity index (χ1n) is 5.25. The Morgan fingerprint density at radius 1 is 1.17 bits per heavy atom. The molecule has 6 heteroatoms. The van der Waals surface area contributed by atoms with E-state index in [4.69, 9.17) is 0 Å². The van der Waals surface area contributed by atoms with E-state index < -0.39 is 40.1 Å². The summed E-state index contributed by atoms with van der Waals surface area (Å²) in [7, 11) is 0. The molecule has 1 rings (SSSR count). The number of hydrogen-bond donors (Lipinski definition) is 0. The van der Waals surface area contributed by atoms with E-state index in [2.05, 4.69) is 15.9 Å². The average Bonchev–Trinajstić information content (AvgIpc) is 2.30. The summed E-state index contributed by atoms with van der Waals surface area (Å²) >= 11 is 2.97. The van der Waals surface area contributed by atoms with Gasteiger partial charge in [0, 0.05) is 17.5 Å². The Morgan fingerprint density at radius 3 is 2.00 bits per heavy atom. The predicted octanol–water partition coefficient (Wildman–Crippen LogP) is 3.77. The molecular formula is C12H11BrF4O. The highest BCUT2D eigenvalue weighted by atomic mass is 79.9. The molecule has 0 radical (unpaired) electrons. The molecule has 1 nitrogen and oxygen atoms in total. The maximum atomic E-state index is 13.4. The number of alkyl halides is 1. The molecular weight excluding hydrogens is 316 g/mol. The first kappa shape index (κ1) is 15.1. The van der Waals surface area contributed by atoms with Gasteiger partial charge in [0.05, 0.1) is 4.83 Å². The van der Waals surface area contributed by atoms with Crippen LogP contribution in [0.15, 0.2) is 6.07 Å². The standard InChI is InChI=1S/C12H11BrF4O/c1-5(2)12(18)7(13)3-6-10(16)8(14)4-9(15)11(6)17/h4-5,7H,3H2,1-2H3. The largest absolute Gasteiger partial charge is 0.298 e. The van der Waals surface area contributed by atoms with Crippen molar-refractivity contribution in [1.82, 2.24) is 0 Å². The maximum absolute atomic E-state index is 13.4. The van der Waals surface area contributed by atoms with E-state index in [1.54, 1.807) is 13.8 Å². The third-order valence-electron chi connectivity index (χ3n) is 2.46. The second-order valence-electron chi connectivity index (χ2n) is 4.18. The lowest BCUT2D eigenvalue weighted by Crippen LogP contribution is -2.23. The third kappa shape index (κ3) is 3.10. The van der Waals surface area contributed by atoms with Crippen LogP contribution in [0.4, 0.5) is 17.6 Å². The van der Waals surface area contributed by atoms with Crippen LogP contribution in [0.1, 0.15) is 19.4 Å². The van der Waals surface area contributed by atoms with Gasteiger partial charge >= 0.3 is 0 Å². The molecule has 0 aliphatic heterocycles. The van der Waals surface area contributed by atoms with Crippen LogP contribution in [0.25, 0.3) is 0 Å². The van der Waals surface area contributed by atoms with Crippen LogP contribution >= 0.6 is 15.9 Å². The quantitative estimate of drug-likeness (QED) is 0.467. The summed E-state index contributed by atoms with van der Waals surface area (Å²) in [5.41, 5.74) is -0.761. The van der Waals surface area contributed by atoms with Crippen molar-refractivity contribution in [3.63, 3.8) is 0 Å². The van der Waals surface area contributed by atoms with Crippen molar-refractivity contribution < 1.29 is 22.4 Å². The number of Topliss-reactive ketones (excluding diaryl/α,β-unsaturated/α-hetero) is 1. The van der Waals surface area contributed by atoms with E-state index in [1.165, 1.54) is 0 Å². The van der Waals surface area contributed by atoms with Crippen molar-refractivity contribution >= 4 is 21.7 Å². The van der Waals surface area contributed by atoms with Crippen LogP contribution < -0.4 is 0 Å². The fourth-order valence-corrected chi connectivity index (χ4v) is 2.30. The molecule has 0 amide bonds. The van der Waals surface area contributed by atoms with Gasteiger partial charge in [-0.05, 0) is 6.42 Å². The molecule has 0 spiro atoms. The van der Waals surface area contributed by atoms with Crippen LogP contribution in [-0.4, -0.2) is 10.6 Å². The summed E-state index contributed by atoms with van der Waals surface area (Å²) in [6.45, 7) is 3.24. The minimum atomic E-state index is -1.47. The molecule has 0 aromatic heterocycles. The molecule has 100 valence electrons. The van der Waals surface area contributed by atoms with Crippen molar-refractivity contribution in [3.8, 4) is 0 Å². The predicted molar refractivity (Wildman–Crippen MR) is 62.5 cm³/mol. The molecule has 0 saturated carbocycles. The molecule has 1 aromatic carbocycles. The monoisotopic (exact) mass is 326 g/mol. The zero-order valence-corrected chi connectivity index (χ0v) is 11.3. The van der Waals surface area contributed by atoms with Crippen LogP contribution in [0.5, 0.6) is 0 Å². The highest BCUT2D eigenvalue weighted by Gasteiger charge is 2.25. The summed E-state index contributed by atoms with van der Waals surface area (Å²) in [5, 5.41) is 0. The van der Waals surface area contributed by atoms with Gasteiger partial charge in [-0.15, -0.1) is 0 Å². The zero-order valence-electron chi connectivity index (χ0n) is 9.74. The number of rotatable bonds is 4. The first-order valence-corrected chi connectivity index (χ1v) is 6.17. The van der Waals surface area contributed by atoms with Crippen LogP contribution in [-0.2, 0) is 11.2 Å². The lowest BCUT2D eigenvalue weighted by Gasteiger charge is -2.13. The summed E-state index contributed by atoms with van der Waals surface area (Å²) in [6.07, 6.45) is -0.441. The molecule has 1 unspecified atom stereocenters. The van der Waals surface area contributed by atoms with E-state index in [-0.39, 0.29) is 17.8 Å². The third-order valence-corrected chi connectivity index (χ3v) is 3.24. The summed E-state index contributed by atoms with van der Waals surface area (Å²) in [6, 6.07) is 0.141. The van der Waals surface area contributed by atoms with Gasteiger partial charge in [0.1, 0.15) is 5.78 Å². The van der Waals surface area contributed by atoms with E-state index in [1.807, 2.05) is 0 Å². The first-order chi connectivity index (χ1) is 8.25. The van der Waals surface area contributed by atoms with Gasteiger partial charge in [-0.25, -0.2) is 17.6 Å². The number of hydrogen-bond acceptors (Lipinski definition) is 1. The SMILES string of the molecule is CC(C)C(=O)C(Br)Cc1c(F)c(F)cc(F)c1F. The molecule has 1 aromatic rings. The fraction of sp³-hybridized carbons (Fsp3) is 0.417. The van der Waals surface area contributed by atoms with Crippen LogP contribution in [0, 0.1) is 29.2 Å².